The minimum absolute atomic E-state index is 0.147. The van der Waals surface area contributed by atoms with Crippen molar-refractivity contribution in [1.82, 2.24) is 19.5 Å². The van der Waals surface area contributed by atoms with E-state index in [1.54, 1.807) is 13.4 Å². The molecule has 0 amide bonds. The minimum atomic E-state index is -1.04. The molecule has 0 bridgehead atoms. The normalized spacial score (nSPS) is 19.1. The topological polar surface area (TPSA) is 81.9 Å². The summed E-state index contributed by atoms with van der Waals surface area (Å²) in [6.45, 7) is 6.18. The van der Waals surface area contributed by atoms with E-state index in [9.17, 15) is 4.21 Å². The molecule has 1 saturated carbocycles. The van der Waals surface area contributed by atoms with E-state index in [-0.39, 0.29) is 10.7 Å². The Kier molecular flexibility index (Phi) is 5.72. The molecule has 1 N–H and O–H groups in total. The fourth-order valence-electron chi connectivity index (χ4n) is 5.08. The Balaban J connectivity index is 1.48. The van der Waals surface area contributed by atoms with Crippen LogP contribution in [-0.4, -0.2) is 35.6 Å². The molecule has 0 radical (unpaired) electrons. The number of hydrogen-bond donors (Lipinski definition) is 1. The molecule has 5 rings (SSSR count). The molecule has 3 heterocycles. The van der Waals surface area contributed by atoms with Crippen molar-refractivity contribution < 1.29 is 8.95 Å². The van der Waals surface area contributed by atoms with E-state index >= 15 is 0 Å². The van der Waals surface area contributed by atoms with Gasteiger partial charge in [0.2, 0.25) is 5.95 Å². The van der Waals surface area contributed by atoms with Crippen LogP contribution in [0.5, 0.6) is 5.75 Å². The van der Waals surface area contributed by atoms with Gasteiger partial charge in [0.05, 0.1) is 56.6 Å². The molecule has 3 aromatic rings. The summed E-state index contributed by atoms with van der Waals surface area (Å²) in [5.74, 6) is 1.45. The molecular formula is C25H31N5O2S. The van der Waals surface area contributed by atoms with Gasteiger partial charge in [-0.3, -0.25) is 4.21 Å². The molecule has 1 unspecified atom stereocenters. The van der Waals surface area contributed by atoms with E-state index in [1.807, 2.05) is 35.9 Å². The zero-order valence-corrected chi connectivity index (χ0v) is 20.5. The van der Waals surface area contributed by atoms with Crippen LogP contribution in [0, 0.1) is 6.92 Å². The lowest BCUT2D eigenvalue weighted by molar-refractivity contribution is 0.390. The van der Waals surface area contributed by atoms with E-state index in [0.717, 1.165) is 71.2 Å². The fourth-order valence-corrected chi connectivity index (χ4v) is 7.24. The summed E-state index contributed by atoms with van der Waals surface area (Å²) in [5, 5.41) is 3.37. The SMILES string of the molecule is COc1cc(Nc2nc3c(c(C(C)C)n2)S(=O)C2(CCCCC2)C3)ccc1-n1cnc(C)c1. The lowest BCUT2D eigenvalue weighted by Gasteiger charge is -2.31. The van der Waals surface area contributed by atoms with E-state index in [2.05, 4.69) is 24.1 Å². The summed E-state index contributed by atoms with van der Waals surface area (Å²) in [7, 11) is 0.622. The van der Waals surface area contributed by atoms with E-state index in [1.165, 1.54) is 6.42 Å². The number of nitrogens with zero attached hydrogens (tertiary/aromatic N) is 4. The van der Waals surface area contributed by atoms with Gasteiger partial charge in [0, 0.05) is 24.4 Å². The number of aromatic nitrogens is 4. The third kappa shape index (κ3) is 3.94. The number of imidazole rings is 1. The Bertz CT molecular complexity index is 1210. The van der Waals surface area contributed by atoms with Crippen molar-refractivity contribution in [2.24, 2.45) is 0 Å². The van der Waals surface area contributed by atoms with Gasteiger partial charge in [0.15, 0.2) is 0 Å². The van der Waals surface area contributed by atoms with Crippen LogP contribution in [0.1, 0.15) is 69.0 Å². The first-order valence-electron chi connectivity index (χ1n) is 11.7. The predicted octanol–water partition coefficient (Wildman–Crippen LogP) is 5.21. The predicted molar refractivity (Wildman–Crippen MR) is 130 cm³/mol. The van der Waals surface area contributed by atoms with Gasteiger partial charge in [0.25, 0.3) is 0 Å². The molecular weight excluding hydrogens is 434 g/mol. The summed E-state index contributed by atoms with van der Waals surface area (Å²) >= 11 is 0. The van der Waals surface area contributed by atoms with Crippen molar-refractivity contribution in [3.05, 3.63) is 47.8 Å². The van der Waals surface area contributed by atoms with Crippen molar-refractivity contribution in [1.29, 1.82) is 0 Å². The summed E-state index contributed by atoms with van der Waals surface area (Å²) < 4.78 is 21.1. The molecule has 1 spiro atoms. The number of nitrogens with one attached hydrogen (secondary N) is 1. The Morgan fingerprint density at radius 3 is 2.64 bits per heavy atom. The third-order valence-electron chi connectivity index (χ3n) is 6.77. The zero-order chi connectivity index (χ0) is 23.2. The Morgan fingerprint density at radius 2 is 1.97 bits per heavy atom. The maximum atomic E-state index is 13.6. The molecule has 1 aromatic carbocycles. The van der Waals surface area contributed by atoms with Crippen LogP contribution in [0.2, 0.25) is 0 Å². The third-order valence-corrected chi connectivity index (χ3v) is 8.92. The summed E-state index contributed by atoms with van der Waals surface area (Å²) in [6.07, 6.45) is 10.1. The quantitative estimate of drug-likeness (QED) is 0.557. The maximum absolute atomic E-state index is 13.6. The van der Waals surface area contributed by atoms with Gasteiger partial charge in [-0.25, -0.2) is 15.0 Å². The number of benzene rings is 1. The van der Waals surface area contributed by atoms with Gasteiger partial charge in [-0.15, -0.1) is 0 Å². The second kappa shape index (κ2) is 8.56. The number of methoxy groups -OCH3 is 1. The second-order valence-corrected chi connectivity index (χ2v) is 11.3. The van der Waals surface area contributed by atoms with Crippen LogP contribution in [0.3, 0.4) is 0 Å². The lowest BCUT2D eigenvalue weighted by atomic mass is 9.85. The molecule has 2 aliphatic rings. The summed E-state index contributed by atoms with van der Waals surface area (Å²) in [4.78, 5) is 14.9. The van der Waals surface area contributed by atoms with Crippen molar-refractivity contribution in [3.63, 3.8) is 0 Å². The summed E-state index contributed by atoms with van der Waals surface area (Å²) in [6, 6.07) is 5.92. The number of aryl methyl sites for hydroxylation is 1. The molecule has 2 aromatic heterocycles. The molecule has 8 heteroatoms. The highest BCUT2D eigenvalue weighted by atomic mass is 32.2. The number of rotatable bonds is 5. The molecule has 1 aliphatic heterocycles. The highest BCUT2D eigenvalue weighted by molar-refractivity contribution is 7.87. The van der Waals surface area contributed by atoms with Crippen molar-refractivity contribution in [2.75, 3.05) is 12.4 Å². The average molecular weight is 466 g/mol. The van der Waals surface area contributed by atoms with Crippen molar-refractivity contribution >= 4 is 22.4 Å². The van der Waals surface area contributed by atoms with Crippen LogP contribution in [0.25, 0.3) is 5.69 Å². The van der Waals surface area contributed by atoms with E-state index < -0.39 is 10.8 Å². The number of hydrogen-bond acceptors (Lipinski definition) is 6. The molecule has 1 fully saturated rings. The van der Waals surface area contributed by atoms with Gasteiger partial charge in [0.1, 0.15) is 5.75 Å². The van der Waals surface area contributed by atoms with Gasteiger partial charge in [-0.05, 0) is 37.8 Å². The van der Waals surface area contributed by atoms with Crippen LogP contribution < -0.4 is 10.1 Å². The largest absolute Gasteiger partial charge is 0.494 e. The van der Waals surface area contributed by atoms with Crippen LogP contribution in [0.15, 0.2) is 35.6 Å². The minimum Gasteiger partial charge on any atom is -0.494 e. The molecule has 1 aliphatic carbocycles. The standard InChI is InChI=1S/C25H31N5O2S/c1-16(2)22-23-19(13-25(33(23)31)10-6-5-7-11-25)28-24(29-22)27-18-8-9-20(21(12-18)32-4)30-14-17(3)26-15-30/h8-9,12,14-16H,5-7,10-11,13H2,1-4H3,(H,27,28,29). The number of anilines is 2. The monoisotopic (exact) mass is 465 g/mol. The number of ether oxygens (including phenoxy) is 1. The molecule has 7 nitrogen and oxygen atoms in total. The first-order chi connectivity index (χ1) is 15.9. The molecule has 1 atom stereocenters. The van der Waals surface area contributed by atoms with Gasteiger partial charge >= 0.3 is 0 Å². The van der Waals surface area contributed by atoms with Gasteiger partial charge in [-0.1, -0.05) is 33.1 Å². The fraction of sp³-hybridized carbons (Fsp3) is 0.480. The van der Waals surface area contributed by atoms with Crippen LogP contribution in [0.4, 0.5) is 11.6 Å². The van der Waals surface area contributed by atoms with Crippen LogP contribution in [-0.2, 0) is 17.2 Å². The molecule has 174 valence electrons. The van der Waals surface area contributed by atoms with E-state index in [0.29, 0.717) is 5.95 Å². The highest BCUT2D eigenvalue weighted by Gasteiger charge is 2.47. The smallest absolute Gasteiger partial charge is 0.227 e. The summed E-state index contributed by atoms with van der Waals surface area (Å²) in [5.41, 5.74) is 4.56. The first-order valence-corrected chi connectivity index (χ1v) is 12.8. The Hall–Kier alpha value is -2.74. The van der Waals surface area contributed by atoms with Gasteiger partial charge in [-0.2, -0.15) is 0 Å². The van der Waals surface area contributed by atoms with Crippen LogP contribution >= 0.6 is 0 Å². The highest BCUT2D eigenvalue weighted by Crippen LogP contribution is 2.47. The van der Waals surface area contributed by atoms with Crippen molar-refractivity contribution in [3.8, 4) is 11.4 Å². The maximum Gasteiger partial charge on any atom is 0.227 e. The Morgan fingerprint density at radius 1 is 1.18 bits per heavy atom. The molecule has 0 saturated heterocycles. The lowest BCUT2D eigenvalue weighted by Crippen LogP contribution is -2.34. The molecule has 33 heavy (non-hydrogen) atoms. The zero-order valence-electron chi connectivity index (χ0n) is 19.7. The Labute approximate surface area is 197 Å². The van der Waals surface area contributed by atoms with E-state index in [4.69, 9.17) is 14.7 Å². The second-order valence-electron chi connectivity index (χ2n) is 9.49. The number of fused-ring (bicyclic) bond motifs is 1. The first kappa shape index (κ1) is 22.1. The van der Waals surface area contributed by atoms with Crippen molar-refractivity contribution in [2.45, 2.75) is 74.9 Å². The van der Waals surface area contributed by atoms with Gasteiger partial charge < -0.3 is 14.6 Å². The average Bonchev–Trinajstić information content (AvgIpc) is 3.35.